The quantitative estimate of drug-likeness (QED) is 0.692. The lowest BCUT2D eigenvalue weighted by molar-refractivity contribution is 1.02. The molecule has 2 aromatic rings. The van der Waals surface area contributed by atoms with Gasteiger partial charge < -0.3 is 5.73 Å². The molecule has 0 spiro atoms. The van der Waals surface area contributed by atoms with Crippen LogP contribution in [-0.4, -0.2) is 9.38 Å². The van der Waals surface area contributed by atoms with Crippen molar-refractivity contribution >= 4 is 16.2 Å². The molecule has 3 nitrogen and oxygen atoms in total. The Bertz CT molecular complexity index is 374. The zero-order valence-electron chi connectivity index (χ0n) is 6.24. The number of thiazole rings is 1. The Morgan fingerprint density at radius 2 is 2.55 bits per heavy atom. The van der Waals surface area contributed by atoms with E-state index in [1.165, 1.54) is 15.4 Å². The van der Waals surface area contributed by atoms with Crippen LogP contribution in [0.3, 0.4) is 0 Å². The van der Waals surface area contributed by atoms with Crippen molar-refractivity contribution in [1.82, 2.24) is 9.38 Å². The molecule has 0 bridgehead atoms. The van der Waals surface area contributed by atoms with E-state index < -0.39 is 0 Å². The van der Waals surface area contributed by atoms with Gasteiger partial charge in [-0.05, 0) is 6.92 Å². The largest absolute Gasteiger partial charge is 0.326 e. The van der Waals surface area contributed by atoms with E-state index in [1.54, 1.807) is 11.3 Å². The Hall–Kier alpha value is -0.870. The predicted octanol–water partition coefficient (Wildman–Crippen LogP) is 1.16. The second kappa shape index (κ2) is 2.32. The molecule has 11 heavy (non-hydrogen) atoms. The van der Waals surface area contributed by atoms with Gasteiger partial charge in [0, 0.05) is 17.1 Å². The first-order valence-electron chi connectivity index (χ1n) is 3.43. The van der Waals surface area contributed by atoms with E-state index in [0.717, 1.165) is 0 Å². The van der Waals surface area contributed by atoms with Crippen molar-refractivity contribution < 1.29 is 0 Å². The maximum atomic E-state index is 5.55. The van der Waals surface area contributed by atoms with Gasteiger partial charge in [-0.3, -0.25) is 4.40 Å². The van der Waals surface area contributed by atoms with Crippen molar-refractivity contribution in [3.8, 4) is 0 Å². The molecule has 0 radical (unpaired) electrons. The summed E-state index contributed by atoms with van der Waals surface area (Å²) in [6.45, 7) is 2.69. The van der Waals surface area contributed by atoms with E-state index in [2.05, 4.69) is 16.3 Å². The van der Waals surface area contributed by atoms with Gasteiger partial charge in [-0.15, -0.1) is 11.3 Å². The van der Waals surface area contributed by atoms with E-state index in [-0.39, 0.29) is 0 Å². The van der Waals surface area contributed by atoms with Crippen LogP contribution in [0.15, 0.2) is 12.5 Å². The first-order valence-corrected chi connectivity index (χ1v) is 4.25. The first kappa shape index (κ1) is 6.82. The Morgan fingerprint density at radius 3 is 3.18 bits per heavy atom. The van der Waals surface area contributed by atoms with Crippen LogP contribution in [0.25, 0.3) is 4.83 Å². The third-order valence-electron chi connectivity index (χ3n) is 1.78. The lowest BCUT2D eigenvalue weighted by Gasteiger charge is -1.91. The molecule has 58 valence electrons. The lowest BCUT2D eigenvalue weighted by Crippen LogP contribution is -1.96. The molecule has 0 unspecified atom stereocenters. The molecular weight excluding hydrogens is 158 g/mol. The molecule has 2 heterocycles. The highest BCUT2D eigenvalue weighted by Gasteiger charge is 2.05. The monoisotopic (exact) mass is 167 g/mol. The van der Waals surface area contributed by atoms with Gasteiger partial charge in [-0.2, -0.15) is 0 Å². The highest BCUT2D eigenvalue weighted by Crippen LogP contribution is 2.21. The van der Waals surface area contributed by atoms with Crippen LogP contribution in [-0.2, 0) is 6.54 Å². The van der Waals surface area contributed by atoms with E-state index in [4.69, 9.17) is 5.73 Å². The molecule has 0 atom stereocenters. The first-order chi connectivity index (χ1) is 5.33. The van der Waals surface area contributed by atoms with Gasteiger partial charge in [0.15, 0.2) is 0 Å². The number of nitrogens with two attached hydrogens (primary N) is 1. The summed E-state index contributed by atoms with van der Waals surface area (Å²) in [6, 6.07) is 0. The highest BCUT2D eigenvalue weighted by atomic mass is 32.1. The van der Waals surface area contributed by atoms with Crippen LogP contribution in [0.5, 0.6) is 0 Å². The highest BCUT2D eigenvalue weighted by molar-refractivity contribution is 7.17. The van der Waals surface area contributed by atoms with E-state index in [1.807, 2.05) is 12.5 Å². The third kappa shape index (κ3) is 0.868. The maximum absolute atomic E-state index is 5.55. The van der Waals surface area contributed by atoms with Crippen molar-refractivity contribution in [2.75, 3.05) is 0 Å². The average Bonchev–Trinajstić information content (AvgIpc) is 2.53. The Morgan fingerprint density at radius 1 is 1.73 bits per heavy atom. The summed E-state index contributed by atoms with van der Waals surface area (Å²) >= 11 is 1.71. The third-order valence-corrected chi connectivity index (χ3v) is 3.00. The number of imidazole rings is 1. The van der Waals surface area contributed by atoms with Gasteiger partial charge >= 0.3 is 0 Å². The molecular formula is C7H9N3S. The molecule has 0 aliphatic rings. The molecule has 0 saturated carbocycles. The van der Waals surface area contributed by atoms with Gasteiger partial charge in [0.25, 0.3) is 0 Å². The fraction of sp³-hybridized carbons (Fsp3) is 0.286. The number of hydrogen-bond acceptors (Lipinski definition) is 3. The van der Waals surface area contributed by atoms with Crippen LogP contribution in [0.1, 0.15) is 10.6 Å². The fourth-order valence-electron chi connectivity index (χ4n) is 1.13. The number of hydrogen-bond donors (Lipinski definition) is 1. The van der Waals surface area contributed by atoms with Crippen LogP contribution < -0.4 is 5.73 Å². The summed E-state index contributed by atoms with van der Waals surface area (Å²) < 4.78 is 2.06. The predicted molar refractivity (Wildman–Crippen MR) is 45.7 cm³/mol. The smallest absolute Gasteiger partial charge is 0.119 e. The average molecular weight is 167 g/mol. The second-order valence-electron chi connectivity index (χ2n) is 2.42. The van der Waals surface area contributed by atoms with Crippen LogP contribution in [0.4, 0.5) is 0 Å². The summed E-state index contributed by atoms with van der Waals surface area (Å²) in [7, 11) is 0. The van der Waals surface area contributed by atoms with E-state index in [0.29, 0.717) is 6.54 Å². The van der Waals surface area contributed by atoms with Crippen LogP contribution in [0.2, 0.25) is 0 Å². The van der Waals surface area contributed by atoms with Crippen LogP contribution in [0, 0.1) is 6.92 Å². The fourth-order valence-corrected chi connectivity index (χ4v) is 2.11. The minimum atomic E-state index is 0.623. The minimum Gasteiger partial charge on any atom is -0.326 e. The number of aromatic nitrogens is 2. The van der Waals surface area contributed by atoms with Gasteiger partial charge in [0.05, 0.1) is 6.20 Å². The maximum Gasteiger partial charge on any atom is 0.119 e. The number of rotatable bonds is 1. The standard InChI is InChI=1S/C7H9N3S/c1-5-6(2-8)11-7-3-9-4-10(5)7/h3-4H,2,8H2,1H3. The Kier molecular flexibility index (Phi) is 1.44. The Labute approximate surface area is 68.5 Å². The van der Waals surface area contributed by atoms with Crippen molar-refractivity contribution in [2.45, 2.75) is 13.5 Å². The zero-order chi connectivity index (χ0) is 7.84. The summed E-state index contributed by atoms with van der Waals surface area (Å²) in [5.74, 6) is 0. The topological polar surface area (TPSA) is 43.3 Å². The van der Waals surface area contributed by atoms with Crippen LogP contribution >= 0.6 is 11.3 Å². The summed E-state index contributed by atoms with van der Waals surface area (Å²) in [6.07, 6.45) is 3.68. The molecule has 2 N–H and O–H groups in total. The summed E-state index contributed by atoms with van der Waals surface area (Å²) in [4.78, 5) is 6.44. The summed E-state index contributed by atoms with van der Waals surface area (Å²) in [5, 5.41) is 0. The van der Waals surface area contributed by atoms with Crippen molar-refractivity contribution in [3.63, 3.8) is 0 Å². The molecule has 2 aromatic heterocycles. The minimum absolute atomic E-state index is 0.623. The van der Waals surface area contributed by atoms with Crippen molar-refractivity contribution in [2.24, 2.45) is 5.73 Å². The SMILES string of the molecule is Cc1c(CN)sc2cncn12. The molecule has 0 aromatic carbocycles. The number of aryl methyl sites for hydroxylation is 1. The zero-order valence-corrected chi connectivity index (χ0v) is 7.06. The molecule has 2 rings (SSSR count). The number of fused-ring (bicyclic) bond motifs is 1. The normalized spacial score (nSPS) is 11.1. The van der Waals surface area contributed by atoms with Crippen molar-refractivity contribution in [1.29, 1.82) is 0 Å². The van der Waals surface area contributed by atoms with Crippen molar-refractivity contribution in [3.05, 3.63) is 23.1 Å². The van der Waals surface area contributed by atoms with Gasteiger partial charge in [-0.1, -0.05) is 0 Å². The lowest BCUT2D eigenvalue weighted by atomic mass is 10.4. The molecule has 0 saturated heterocycles. The van der Waals surface area contributed by atoms with Gasteiger partial charge in [0.1, 0.15) is 11.2 Å². The molecule has 0 amide bonds. The number of nitrogens with zero attached hydrogens (tertiary/aromatic N) is 2. The molecule has 0 aliphatic carbocycles. The molecule has 4 heteroatoms. The van der Waals surface area contributed by atoms with Gasteiger partial charge in [0.2, 0.25) is 0 Å². The van der Waals surface area contributed by atoms with E-state index in [9.17, 15) is 0 Å². The Balaban J connectivity index is 2.76. The second-order valence-corrected chi connectivity index (χ2v) is 3.53. The molecule has 0 fully saturated rings. The van der Waals surface area contributed by atoms with Gasteiger partial charge in [-0.25, -0.2) is 4.98 Å². The van der Waals surface area contributed by atoms with E-state index >= 15 is 0 Å². The molecule has 0 aliphatic heterocycles. The summed E-state index contributed by atoms with van der Waals surface area (Å²) in [5.41, 5.74) is 6.76.